The molecule has 0 fully saturated rings. The van der Waals surface area contributed by atoms with Crippen LogP contribution in [0.15, 0.2) is 30.5 Å². The van der Waals surface area contributed by atoms with E-state index in [1.807, 2.05) is 37.4 Å². The molecule has 8 heteroatoms. The second-order valence-corrected chi connectivity index (χ2v) is 7.54. The molecule has 0 aliphatic heterocycles. The van der Waals surface area contributed by atoms with Crippen LogP contribution >= 0.6 is 11.7 Å². The second kappa shape index (κ2) is 8.35. The summed E-state index contributed by atoms with van der Waals surface area (Å²) in [5, 5.41) is 12.3. The Morgan fingerprint density at radius 2 is 1.96 bits per heavy atom. The number of benzene rings is 1. The highest BCUT2D eigenvalue weighted by molar-refractivity contribution is 6.99. The van der Waals surface area contributed by atoms with Gasteiger partial charge in [0.2, 0.25) is 5.82 Å². The molecule has 0 atom stereocenters. The Bertz CT molecular complexity index is 797. The summed E-state index contributed by atoms with van der Waals surface area (Å²) in [5.41, 5.74) is 2.22. The van der Waals surface area contributed by atoms with Crippen molar-refractivity contribution >= 4 is 11.7 Å². The van der Waals surface area contributed by atoms with Crippen molar-refractivity contribution in [2.24, 2.45) is 5.41 Å². The molecule has 0 amide bonds. The Hall–Kier alpha value is -2.35. The maximum absolute atomic E-state index is 5.91. The third-order valence-corrected chi connectivity index (χ3v) is 4.88. The van der Waals surface area contributed by atoms with Crippen molar-refractivity contribution < 1.29 is 4.74 Å². The lowest BCUT2D eigenvalue weighted by atomic mass is 9.84. The van der Waals surface area contributed by atoms with Crippen LogP contribution in [0.3, 0.4) is 0 Å². The second-order valence-electron chi connectivity index (χ2n) is 6.99. The smallest absolute Gasteiger partial charge is 0.204 e. The molecule has 2 heterocycles. The Morgan fingerprint density at radius 3 is 2.62 bits per heavy atom. The number of ether oxygens (including phenoxy) is 1. The first-order valence-electron chi connectivity index (χ1n) is 8.83. The highest BCUT2D eigenvalue weighted by atomic mass is 32.1. The van der Waals surface area contributed by atoms with E-state index in [0.29, 0.717) is 19.0 Å². The fraction of sp³-hybridized carbons (Fsp3) is 0.500. The topological polar surface area (TPSA) is 78.6 Å². The summed E-state index contributed by atoms with van der Waals surface area (Å²) in [5.74, 6) is 1.49. The molecule has 26 heavy (non-hydrogen) atoms. The molecule has 0 aliphatic rings. The zero-order chi connectivity index (χ0) is 18.4. The van der Waals surface area contributed by atoms with E-state index in [-0.39, 0.29) is 5.41 Å². The minimum atomic E-state index is 0.201. The monoisotopic (exact) mass is 372 g/mol. The largest absolute Gasteiger partial charge is 0.494 e. The molecule has 0 aliphatic carbocycles. The van der Waals surface area contributed by atoms with Gasteiger partial charge in [-0.1, -0.05) is 13.8 Å². The first-order valence-corrected chi connectivity index (χ1v) is 9.56. The van der Waals surface area contributed by atoms with Crippen LogP contribution in [0.25, 0.3) is 11.4 Å². The number of hydrogen-bond donors (Lipinski definition) is 0. The van der Waals surface area contributed by atoms with Crippen LogP contribution in [0.2, 0.25) is 0 Å². The van der Waals surface area contributed by atoms with Gasteiger partial charge in [0.05, 0.1) is 36.8 Å². The van der Waals surface area contributed by atoms with Gasteiger partial charge in [0.15, 0.2) is 0 Å². The van der Waals surface area contributed by atoms with Gasteiger partial charge in [-0.15, -0.1) is 10.2 Å². The lowest BCUT2D eigenvalue weighted by Gasteiger charge is -2.24. The highest BCUT2D eigenvalue weighted by Crippen LogP contribution is 2.27. The van der Waals surface area contributed by atoms with Gasteiger partial charge >= 0.3 is 0 Å². The standard InChI is InChI=1S/C18H24N6OS/c1-4-24-21-17(20-23-24)14-5-7-16(8-6-14)25-12-11-18(2,3)10-9-15-13-19-26-22-15/h5-8,13H,4,9-12H2,1-3H3. The Kier molecular flexibility index (Phi) is 5.92. The van der Waals surface area contributed by atoms with Gasteiger partial charge in [-0.05, 0) is 61.1 Å². The van der Waals surface area contributed by atoms with Crippen molar-refractivity contribution in [3.05, 3.63) is 36.2 Å². The van der Waals surface area contributed by atoms with Gasteiger partial charge < -0.3 is 4.74 Å². The molecule has 7 nitrogen and oxygen atoms in total. The molecule has 0 N–H and O–H groups in total. The van der Waals surface area contributed by atoms with Crippen LogP contribution < -0.4 is 4.74 Å². The highest BCUT2D eigenvalue weighted by Gasteiger charge is 2.18. The number of nitrogens with zero attached hydrogens (tertiary/aromatic N) is 6. The molecule has 0 bridgehead atoms. The average molecular weight is 372 g/mol. The molecule has 0 radical (unpaired) electrons. The number of aromatic nitrogens is 6. The van der Waals surface area contributed by atoms with Crippen molar-refractivity contribution in [1.82, 2.24) is 29.0 Å². The fourth-order valence-electron chi connectivity index (χ4n) is 2.52. The van der Waals surface area contributed by atoms with Crippen molar-refractivity contribution in [2.45, 2.75) is 46.6 Å². The average Bonchev–Trinajstić information content (AvgIpc) is 3.32. The van der Waals surface area contributed by atoms with E-state index in [4.69, 9.17) is 4.74 Å². The molecule has 138 valence electrons. The van der Waals surface area contributed by atoms with E-state index in [0.717, 1.165) is 36.3 Å². The Balaban J connectivity index is 1.46. The van der Waals surface area contributed by atoms with Crippen LogP contribution in [0.5, 0.6) is 5.75 Å². The Labute approximate surface area is 157 Å². The Morgan fingerprint density at radius 1 is 1.15 bits per heavy atom. The quantitative estimate of drug-likeness (QED) is 0.570. The van der Waals surface area contributed by atoms with E-state index in [2.05, 4.69) is 38.0 Å². The summed E-state index contributed by atoms with van der Waals surface area (Å²) >= 11 is 1.27. The van der Waals surface area contributed by atoms with Gasteiger partial charge in [-0.25, -0.2) is 0 Å². The lowest BCUT2D eigenvalue weighted by Crippen LogP contribution is -2.17. The summed E-state index contributed by atoms with van der Waals surface area (Å²) in [4.78, 5) is 1.57. The number of aryl methyl sites for hydroxylation is 2. The molecular formula is C18H24N6OS. The van der Waals surface area contributed by atoms with Gasteiger partial charge in [0.1, 0.15) is 5.75 Å². The molecule has 0 unspecified atom stereocenters. The predicted octanol–water partition coefficient (Wildman–Crippen LogP) is 3.64. The van der Waals surface area contributed by atoms with Crippen LogP contribution in [0.4, 0.5) is 0 Å². The molecule has 0 spiro atoms. The fourth-order valence-corrected chi connectivity index (χ4v) is 2.98. The summed E-state index contributed by atoms with van der Waals surface area (Å²) < 4.78 is 14.2. The van der Waals surface area contributed by atoms with E-state index in [1.165, 1.54) is 11.7 Å². The first kappa shape index (κ1) is 18.4. The molecule has 0 saturated heterocycles. The zero-order valence-corrected chi connectivity index (χ0v) is 16.2. The van der Waals surface area contributed by atoms with Crippen molar-refractivity contribution in [3.63, 3.8) is 0 Å². The molecule has 3 rings (SSSR count). The SMILES string of the molecule is CCn1nnc(-c2ccc(OCCC(C)(C)CCc3cnsn3)cc2)n1. The maximum Gasteiger partial charge on any atom is 0.204 e. The molecule has 3 aromatic rings. The van der Waals surface area contributed by atoms with Crippen LogP contribution in [0.1, 0.15) is 39.3 Å². The van der Waals surface area contributed by atoms with Crippen molar-refractivity contribution in [2.75, 3.05) is 6.61 Å². The summed E-state index contributed by atoms with van der Waals surface area (Å²) in [6.45, 7) is 7.91. The maximum atomic E-state index is 5.91. The van der Waals surface area contributed by atoms with E-state index < -0.39 is 0 Å². The number of rotatable bonds is 9. The van der Waals surface area contributed by atoms with Crippen LogP contribution in [0, 0.1) is 5.41 Å². The van der Waals surface area contributed by atoms with Crippen LogP contribution in [-0.4, -0.2) is 35.6 Å². The first-order chi connectivity index (χ1) is 12.6. The minimum absolute atomic E-state index is 0.201. The summed E-state index contributed by atoms with van der Waals surface area (Å²) in [6.07, 6.45) is 4.87. The molecule has 2 aromatic heterocycles. The lowest BCUT2D eigenvalue weighted by molar-refractivity contribution is 0.217. The third-order valence-electron chi connectivity index (χ3n) is 4.36. The summed E-state index contributed by atoms with van der Waals surface area (Å²) in [6, 6.07) is 7.84. The van der Waals surface area contributed by atoms with E-state index >= 15 is 0 Å². The normalized spacial score (nSPS) is 11.7. The number of hydrogen-bond acceptors (Lipinski definition) is 7. The van der Waals surface area contributed by atoms with E-state index in [9.17, 15) is 0 Å². The minimum Gasteiger partial charge on any atom is -0.494 e. The van der Waals surface area contributed by atoms with E-state index in [1.54, 1.807) is 4.80 Å². The van der Waals surface area contributed by atoms with Crippen molar-refractivity contribution in [3.8, 4) is 17.1 Å². The summed E-state index contributed by atoms with van der Waals surface area (Å²) in [7, 11) is 0. The van der Waals surface area contributed by atoms with Gasteiger partial charge in [-0.3, -0.25) is 0 Å². The zero-order valence-electron chi connectivity index (χ0n) is 15.4. The van der Waals surface area contributed by atoms with Crippen molar-refractivity contribution in [1.29, 1.82) is 0 Å². The van der Waals surface area contributed by atoms with Gasteiger partial charge in [0, 0.05) is 5.56 Å². The molecule has 1 aromatic carbocycles. The third kappa shape index (κ3) is 5.08. The molecular weight excluding hydrogens is 348 g/mol. The molecule has 0 saturated carbocycles. The van der Waals surface area contributed by atoms with Gasteiger partial charge in [-0.2, -0.15) is 13.5 Å². The predicted molar refractivity (Wildman–Crippen MR) is 101 cm³/mol. The van der Waals surface area contributed by atoms with Crippen LogP contribution in [-0.2, 0) is 13.0 Å². The number of tetrazole rings is 1. The van der Waals surface area contributed by atoms with Gasteiger partial charge in [0.25, 0.3) is 0 Å².